The van der Waals surface area contributed by atoms with Gasteiger partial charge in [-0.15, -0.1) is 0 Å². The molecule has 3 atom stereocenters. The summed E-state index contributed by atoms with van der Waals surface area (Å²) in [5.74, 6) is -2.52. The summed E-state index contributed by atoms with van der Waals surface area (Å²) in [4.78, 5) is 2.17. The van der Waals surface area contributed by atoms with Gasteiger partial charge in [0.25, 0.3) is 0 Å². The Hall–Kier alpha value is -1.08. The van der Waals surface area contributed by atoms with Crippen molar-refractivity contribution in [1.82, 2.24) is 10.2 Å². The van der Waals surface area contributed by atoms with Crippen LogP contribution in [0.5, 0.6) is 0 Å². The zero-order valence-corrected chi connectivity index (χ0v) is 15.4. The van der Waals surface area contributed by atoms with E-state index in [0.29, 0.717) is 26.0 Å². The molecule has 2 aliphatic rings. The maximum atomic E-state index is 13.3. The van der Waals surface area contributed by atoms with Crippen molar-refractivity contribution in [3.05, 3.63) is 35.9 Å². The number of alkyl halides is 2. The minimum absolute atomic E-state index is 0.0486. The SMILES string of the molecule is CN(CCc1ccccc1)CC1OCC(NC2CCC(F)(F)CC2)C1O. The molecular weight excluding hydrogens is 338 g/mol. The first-order valence-corrected chi connectivity index (χ1v) is 9.59. The van der Waals surface area contributed by atoms with E-state index in [0.717, 1.165) is 13.0 Å². The van der Waals surface area contributed by atoms with Crippen molar-refractivity contribution in [3.8, 4) is 0 Å². The van der Waals surface area contributed by atoms with E-state index in [1.165, 1.54) is 5.56 Å². The molecule has 1 saturated heterocycles. The lowest BCUT2D eigenvalue weighted by atomic mass is 9.91. The molecule has 1 aliphatic carbocycles. The van der Waals surface area contributed by atoms with Gasteiger partial charge in [-0.2, -0.15) is 0 Å². The standard InChI is InChI=1S/C20H30F2N2O2/c1-24(12-9-15-5-3-2-4-6-15)13-18-19(25)17(14-26-18)23-16-7-10-20(21,22)11-8-16/h2-6,16-19,23,25H,7-14H2,1H3. The zero-order valence-electron chi connectivity index (χ0n) is 15.4. The van der Waals surface area contributed by atoms with Gasteiger partial charge < -0.3 is 20.1 Å². The maximum Gasteiger partial charge on any atom is 0.248 e. The highest BCUT2D eigenvalue weighted by molar-refractivity contribution is 5.14. The Kier molecular flexibility index (Phi) is 6.61. The van der Waals surface area contributed by atoms with E-state index in [4.69, 9.17) is 4.74 Å². The fourth-order valence-corrected chi connectivity index (χ4v) is 3.86. The first-order valence-electron chi connectivity index (χ1n) is 9.59. The van der Waals surface area contributed by atoms with Gasteiger partial charge in [-0.05, 0) is 31.9 Å². The molecule has 2 N–H and O–H groups in total. The Balaban J connectivity index is 1.40. The van der Waals surface area contributed by atoms with E-state index in [-0.39, 0.29) is 31.0 Å². The molecule has 0 bridgehead atoms. The molecule has 146 valence electrons. The second-order valence-corrected chi connectivity index (χ2v) is 7.76. The molecule has 6 heteroatoms. The van der Waals surface area contributed by atoms with Crippen LogP contribution in [0.1, 0.15) is 31.2 Å². The van der Waals surface area contributed by atoms with Crippen LogP contribution in [0, 0.1) is 0 Å². The normalized spacial score (nSPS) is 29.3. The fraction of sp³-hybridized carbons (Fsp3) is 0.700. The molecule has 1 aliphatic heterocycles. The average Bonchev–Trinajstić information content (AvgIpc) is 2.96. The van der Waals surface area contributed by atoms with Crippen LogP contribution in [-0.4, -0.2) is 67.0 Å². The van der Waals surface area contributed by atoms with Gasteiger partial charge >= 0.3 is 0 Å². The Morgan fingerprint density at radius 3 is 2.62 bits per heavy atom. The molecule has 1 aromatic rings. The molecule has 1 aromatic carbocycles. The van der Waals surface area contributed by atoms with Gasteiger partial charge in [0.05, 0.1) is 24.9 Å². The average molecular weight is 368 g/mol. The number of nitrogens with one attached hydrogen (secondary N) is 1. The summed E-state index contributed by atoms with van der Waals surface area (Å²) in [6, 6.07) is 10.2. The lowest BCUT2D eigenvalue weighted by molar-refractivity contribution is -0.0422. The minimum Gasteiger partial charge on any atom is -0.389 e. The maximum absolute atomic E-state index is 13.3. The number of rotatable bonds is 7. The smallest absolute Gasteiger partial charge is 0.248 e. The summed E-state index contributed by atoms with van der Waals surface area (Å²) in [7, 11) is 2.03. The highest BCUT2D eigenvalue weighted by atomic mass is 19.3. The van der Waals surface area contributed by atoms with Crippen molar-refractivity contribution in [3.63, 3.8) is 0 Å². The van der Waals surface area contributed by atoms with Crippen LogP contribution in [0.2, 0.25) is 0 Å². The van der Waals surface area contributed by atoms with Crippen LogP contribution < -0.4 is 5.32 Å². The molecule has 0 spiro atoms. The van der Waals surface area contributed by atoms with Gasteiger partial charge in [-0.1, -0.05) is 30.3 Å². The van der Waals surface area contributed by atoms with E-state index in [2.05, 4.69) is 22.3 Å². The van der Waals surface area contributed by atoms with Gasteiger partial charge in [-0.25, -0.2) is 8.78 Å². The highest BCUT2D eigenvalue weighted by Gasteiger charge is 2.40. The molecule has 1 heterocycles. The van der Waals surface area contributed by atoms with Crippen molar-refractivity contribution in [2.75, 3.05) is 26.7 Å². The summed E-state index contributed by atoms with van der Waals surface area (Å²) in [6.45, 7) is 1.99. The predicted octanol–water partition coefficient (Wildman–Crippen LogP) is 2.46. The van der Waals surface area contributed by atoms with Gasteiger partial charge in [0, 0.05) is 32.0 Å². The third-order valence-electron chi connectivity index (χ3n) is 5.57. The lowest BCUT2D eigenvalue weighted by Crippen LogP contribution is -2.49. The second-order valence-electron chi connectivity index (χ2n) is 7.76. The van der Waals surface area contributed by atoms with E-state index < -0.39 is 12.0 Å². The summed E-state index contributed by atoms with van der Waals surface area (Å²) < 4.78 is 32.3. The van der Waals surface area contributed by atoms with Crippen molar-refractivity contribution in [2.45, 2.75) is 62.3 Å². The molecule has 0 aromatic heterocycles. The summed E-state index contributed by atoms with van der Waals surface area (Å²) in [5, 5.41) is 13.9. The lowest BCUT2D eigenvalue weighted by Gasteiger charge is -2.31. The highest BCUT2D eigenvalue weighted by Crippen LogP contribution is 2.33. The van der Waals surface area contributed by atoms with Crippen LogP contribution in [0.4, 0.5) is 8.78 Å². The van der Waals surface area contributed by atoms with Crippen molar-refractivity contribution < 1.29 is 18.6 Å². The number of hydrogen-bond donors (Lipinski definition) is 2. The Labute approximate surface area is 154 Å². The number of benzene rings is 1. The fourth-order valence-electron chi connectivity index (χ4n) is 3.86. The zero-order chi connectivity index (χ0) is 18.6. The first-order chi connectivity index (χ1) is 12.4. The number of aliphatic hydroxyl groups is 1. The Morgan fingerprint density at radius 1 is 1.23 bits per heavy atom. The van der Waals surface area contributed by atoms with Crippen LogP contribution in [-0.2, 0) is 11.2 Å². The molecule has 0 amide bonds. The summed E-state index contributed by atoms with van der Waals surface area (Å²) in [6.07, 6.45) is 0.892. The Bertz CT molecular complexity index is 548. The first kappa shape index (κ1) is 19.7. The van der Waals surface area contributed by atoms with E-state index in [9.17, 15) is 13.9 Å². The molecule has 1 saturated carbocycles. The largest absolute Gasteiger partial charge is 0.389 e. The number of halogens is 2. The van der Waals surface area contributed by atoms with Gasteiger partial charge in [0.15, 0.2) is 0 Å². The number of ether oxygens (including phenoxy) is 1. The molecule has 2 fully saturated rings. The van der Waals surface area contributed by atoms with Crippen LogP contribution >= 0.6 is 0 Å². The molecule has 3 unspecified atom stereocenters. The van der Waals surface area contributed by atoms with Crippen LogP contribution in [0.25, 0.3) is 0 Å². The summed E-state index contributed by atoms with van der Waals surface area (Å²) in [5.41, 5.74) is 1.29. The second kappa shape index (κ2) is 8.74. The molecule has 3 rings (SSSR count). The monoisotopic (exact) mass is 368 g/mol. The van der Waals surface area contributed by atoms with E-state index in [1.54, 1.807) is 0 Å². The number of aliphatic hydroxyl groups excluding tert-OH is 1. The van der Waals surface area contributed by atoms with Crippen molar-refractivity contribution in [2.24, 2.45) is 0 Å². The van der Waals surface area contributed by atoms with Gasteiger partial charge in [-0.3, -0.25) is 0 Å². The topological polar surface area (TPSA) is 44.7 Å². The van der Waals surface area contributed by atoms with Crippen LogP contribution in [0.3, 0.4) is 0 Å². The third-order valence-corrected chi connectivity index (χ3v) is 5.57. The molecule has 26 heavy (non-hydrogen) atoms. The van der Waals surface area contributed by atoms with Gasteiger partial charge in [0.1, 0.15) is 0 Å². The van der Waals surface area contributed by atoms with Crippen LogP contribution in [0.15, 0.2) is 30.3 Å². The van der Waals surface area contributed by atoms with Gasteiger partial charge in [0.2, 0.25) is 5.92 Å². The predicted molar refractivity (Wildman–Crippen MR) is 97.5 cm³/mol. The van der Waals surface area contributed by atoms with E-state index >= 15 is 0 Å². The third kappa shape index (κ3) is 5.46. The number of likely N-dealkylation sites (N-methyl/N-ethyl adjacent to an activating group) is 1. The number of hydrogen-bond acceptors (Lipinski definition) is 4. The minimum atomic E-state index is -2.52. The van der Waals surface area contributed by atoms with Crippen molar-refractivity contribution in [1.29, 1.82) is 0 Å². The van der Waals surface area contributed by atoms with Crippen molar-refractivity contribution >= 4 is 0 Å². The number of nitrogens with zero attached hydrogens (tertiary/aromatic N) is 1. The summed E-state index contributed by atoms with van der Waals surface area (Å²) >= 11 is 0. The molecule has 4 nitrogen and oxygen atoms in total. The molecule has 0 radical (unpaired) electrons. The quantitative estimate of drug-likeness (QED) is 0.776. The van der Waals surface area contributed by atoms with E-state index in [1.807, 2.05) is 25.2 Å². The Morgan fingerprint density at radius 2 is 1.92 bits per heavy atom. The molecular formula is C20H30F2N2O2.